The molecule has 0 amide bonds. The van der Waals surface area contributed by atoms with E-state index < -0.39 is 12.2 Å². The highest BCUT2D eigenvalue weighted by atomic mass is 16.4. The van der Waals surface area contributed by atoms with Crippen LogP contribution in [0, 0.1) is 0 Å². The van der Waals surface area contributed by atoms with Gasteiger partial charge in [0, 0.05) is 0 Å². The van der Waals surface area contributed by atoms with Gasteiger partial charge in [-0.15, -0.1) is 0 Å². The van der Waals surface area contributed by atoms with E-state index in [1.54, 1.807) is 0 Å². The highest BCUT2D eigenvalue weighted by Crippen LogP contribution is 2.10. The van der Waals surface area contributed by atoms with Gasteiger partial charge in [-0.05, 0) is 12.8 Å². The first-order valence-corrected chi connectivity index (χ1v) is 7.30. The molecule has 0 aromatic carbocycles. The van der Waals surface area contributed by atoms with Crippen LogP contribution in [-0.2, 0) is 4.79 Å². The summed E-state index contributed by atoms with van der Waals surface area (Å²) in [6.07, 6.45) is 11.2. The third kappa shape index (κ3) is 13.5. The molecule has 0 rings (SSSR count). The number of aliphatic carboxylic acids is 1. The maximum Gasteiger partial charge on any atom is 0.317 e. The summed E-state index contributed by atoms with van der Waals surface area (Å²) in [5.74, 6) is -0.930. The number of carbonyl (C=O) groups is 1. The van der Waals surface area contributed by atoms with Crippen molar-refractivity contribution in [2.75, 3.05) is 6.54 Å². The molecule has 0 spiro atoms. The van der Waals surface area contributed by atoms with Crippen LogP contribution >= 0.6 is 0 Å². The van der Waals surface area contributed by atoms with Crippen molar-refractivity contribution in [2.24, 2.45) is 0 Å². The van der Waals surface area contributed by atoms with Crippen LogP contribution in [0.25, 0.3) is 0 Å². The van der Waals surface area contributed by atoms with Gasteiger partial charge >= 0.3 is 5.97 Å². The van der Waals surface area contributed by atoms with Crippen molar-refractivity contribution in [3.63, 3.8) is 0 Å². The minimum atomic E-state index is -0.930. The molecule has 0 bridgehead atoms. The summed E-state index contributed by atoms with van der Waals surface area (Å²) in [4.78, 5) is 10.3. The zero-order valence-electron chi connectivity index (χ0n) is 11.7. The Bertz CT molecular complexity index is 197. The Labute approximate surface area is 111 Å². The minimum absolute atomic E-state index is 0.168. The predicted octanol–water partition coefficient (Wildman–Crippen LogP) is 2.90. The first-order chi connectivity index (χ1) is 8.66. The number of carboxylic acid groups (broad SMARTS) is 1. The molecular formula is C14H29NO3. The Kier molecular flexibility index (Phi) is 12.4. The first-order valence-electron chi connectivity index (χ1n) is 7.30. The quantitative estimate of drug-likeness (QED) is 0.351. The Balaban J connectivity index is 3.12. The lowest BCUT2D eigenvalue weighted by Crippen LogP contribution is -2.33. The van der Waals surface area contributed by atoms with Crippen molar-refractivity contribution in [1.82, 2.24) is 5.32 Å². The Morgan fingerprint density at radius 2 is 1.50 bits per heavy atom. The third-order valence-corrected chi connectivity index (χ3v) is 3.07. The van der Waals surface area contributed by atoms with Crippen LogP contribution in [-0.4, -0.2) is 29.0 Å². The van der Waals surface area contributed by atoms with E-state index in [2.05, 4.69) is 12.2 Å². The smallest absolute Gasteiger partial charge is 0.317 e. The molecule has 0 radical (unpaired) electrons. The molecule has 0 saturated heterocycles. The summed E-state index contributed by atoms with van der Waals surface area (Å²) in [6.45, 7) is 2.06. The molecule has 0 aliphatic rings. The maximum atomic E-state index is 10.3. The van der Waals surface area contributed by atoms with Gasteiger partial charge in [0.05, 0.1) is 6.54 Å². The van der Waals surface area contributed by atoms with Crippen LogP contribution in [0.2, 0.25) is 0 Å². The molecule has 1 atom stereocenters. The number of nitrogens with one attached hydrogen (secondary N) is 1. The molecule has 0 aromatic heterocycles. The normalized spacial score (nSPS) is 12.6. The van der Waals surface area contributed by atoms with Crippen molar-refractivity contribution in [3.05, 3.63) is 0 Å². The van der Waals surface area contributed by atoms with E-state index in [9.17, 15) is 9.90 Å². The number of hydrogen-bond donors (Lipinski definition) is 3. The lowest BCUT2D eigenvalue weighted by Gasteiger charge is -2.10. The fourth-order valence-electron chi connectivity index (χ4n) is 1.96. The van der Waals surface area contributed by atoms with Crippen LogP contribution in [0.5, 0.6) is 0 Å². The van der Waals surface area contributed by atoms with Crippen LogP contribution in [0.3, 0.4) is 0 Å². The van der Waals surface area contributed by atoms with Crippen molar-refractivity contribution in [3.8, 4) is 0 Å². The van der Waals surface area contributed by atoms with Gasteiger partial charge in [0.15, 0.2) is 0 Å². The molecule has 0 aliphatic carbocycles. The summed E-state index contributed by atoms with van der Waals surface area (Å²) < 4.78 is 0. The van der Waals surface area contributed by atoms with E-state index in [-0.39, 0.29) is 6.54 Å². The molecule has 18 heavy (non-hydrogen) atoms. The molecule has 4 heteroatoms. The van der Waals surface area contributed by atoms with Gasteiger partial charge in [0.2, 0.25) is 0 Å². The number of hydrogen-bond acceptors (Lipinski definition) is 3. The molecule has 0 fully saturated rings. The van der Waals surface area contributed by atoms with Crippen molar-refractivity contribution >= 4 is 5.97 Å². The van der Waals surface area contributed by atoms with E-state index in [4.69, 9.17) is 5.11 Å². The van der Waals surface area contributed by atoms with Gasteiger partial charge in [0.1, 0.15) is 6.23 Å². The largest absolute Gasteiger partial charge is 0.480 e. The molecule has 0 heterocycles. The Morgan fingerprint density at radius 1 is 1.00 bits per heavy atom. The fourth-order valence-corrected chi connectivity index (χ4v) is 1.96. The van der Waals surface area contributed by atoms with Gasteiger partial charge in [-0.1, -0.05) is 58.3 Å². The van der Waals surface area contributed by atoms with Crippen molar-refractivity contribution in [1.29, 1.82) is 0 Å². The van der Waals surface area contributed by atoms with Gasteiger partial charge in [-0.2, -0.15) is 0 Å². The minimum Gasteiger partial charge on any atom is -0.480 e. The molecule has 0 aliphatic heterocycles. The Morgan fingerprint density at radius 3 is 2.00 bits per heavy atom. The van der Waals surface area contributed by atoms with Crippen LogP contribution < -0.4 is 5.32 Å². The summed E-state index contributed by atoms with van der Waals surface area (Å²) >= 11 is 0. The second kappa shape index (κ2) is 12.8. The zero-order valence-corrected chi connectivity index (χ0v) is 11.7. The molecule has 108 valence electrons. The second-order valence-electron chi connectivity index (χ2n) is 4.91. The third-order valence-electron chi connectivity index (χ3n) is 3.07. The summed E-state index contributed by atoms with van der Waals surface area (Å²) in [6, 6.07) is 0. The first kappa shape index (κ1) is 17.4. The molecule has 0 saturated carbocycles. The van der Waals surface area contributed by atoms with E-state index in [0.717, 1.165) is 12.8 Å². The second-order valence-corrected chi connectivity index (χ2v) is 4.91. The summed E-state index contributed by atoms with van der Waals surface area (Å²) in [5.41, 5.74) is 0. The molecule has 1 unspecified atom stereocenters. The maximum absolute atomic E-state index is 10.3. The highest BCUT2D eigenvalue weighted by Gasteiger charge is 2.04. The van der Waals surface area contributed by atoms with E-state index in [1.807, 2.05) is 0 Å². The van der Waals surface area contributed by atoms with E-state index >= 15 is 0 Å². The lowest BCUT2D eigenvalue weighted by molar-refractivity contribution is -0.136. The molecule has 3 N–H and O–H groups in total. The van der Waals surface area contributed by atoms with Gasteiger partial charge in [0.25, 0.3) is 0 Å². The van der Waals surface area contributed by atoms with Crippen LogP contribution in [0.1, 0.15) is 71.1 Å². The summed E-state index contributed by atoms with van der Waals surface area (Å²) in [7, 11) is 0. The van der Waals surface area contributed by atoms with Gasteiger partial charge in [-0.25, -0.2) is 0 Å². The van der Waals surface area contributed by atoms with Gasteiger partial charge < -0.3 is 10.2 Å². The highest BCUT2D eigenvalue weighted by molar-refractivity contribution is 5.68. The lowest BCUT2D eigenvalue weighted by atomic mass is 10.1. The predicted molar refractivity (Wildman–Crippen MR) is 73.5 cm³/mol. The number of carboxylic acids is 1. The van der Waals surface area contributed by atoms with Crippen molar-refractivity contribution < 1.29 is 15.0 Å². The summed E-state index contributed by atoms with van der Waals surface area (Å²) in [5, 5.41) is 20.4. The van der Waals surface area contributed by atoms with Crippen molar-refractivity contribution in [2.45, 2.75) is 77.4 Å². The van der Waals surface area contributed by atoms with E-state index in [1.165, 1.54) is 44.9 Å². The number of aliphatic hydroxyl groups is 1. The average Bonchev–Trinajstić information content (AvgIpc) is 2.34. The monoisotopic (exact) mass is 259 g/mol. The topological polar surface area (TPSA) is 69.6 Å². The fraction of sp³-hybridized carbons (Fsp3) is 0.929. The van der Waals surface area contributed by atoms with Crippen LogP contribution in [0.15, 0.2) is 0 Å². The number of unbranched alkanes of at least 4 members (excludes halogenated alkanes) is 8. The molecule has 0 aromatic rings. The SMILES string of the molecule is CCCCCCCCCCCC(O)NCC(=O)O. The van der Waals surface area contributed by atoms with Crippen LogP contribution in [0.4, 0.5) is 0 Å². The molecular weight excluding hydrogens is 230 g/mol. The number of rotatable bonds is 13. The van der Waals surface area contributed by atoms with E-state index in [0.29, 0.717) is 6.42 Å². The number of aliphatic hydroxyl groups excluding tert-OH is 1. The molecule has 4 nitrogen and oxygen atoms in total. The Hall–Kier alpha value is -0.610. The average molecular weight is 259 g/mol. The zero-order chi connectivity index (χ0) is 13.6. The standard InChI is InChI=1S/C14H29NO3/c1-2-3-4-5-6-7-8-9-10-11-13(16)15-12-14(17)18/h13,15-16H,2-12H2,1H3,(H,17,18). The van der Waals surface area contributed by atoms with Gasteiger partial charge in [-0.3, -0.25) is 10.1 Å².